The first-order valence-electron chi connectivity index (χ1n) is 6.81. The Morgan fingerprint density at radius 3 is 2.65 bits per heavy atom. The molecule has 0 saturated carbocycles. The molecule has 0 bridgehead atoms. The average Bonchev–Trinajstić information content (AvgIpc) is 2.43. The summed E-state index contributed by atoms with van der Waals surface area (Å²) in [6, 6.07) is 7.29. The van der Waals surface area contributed by atoms with Gasteiger partial charge in [0.25, 0.3) is 5.91 Å². The van der Waals surface area contributed by atoms with Crippen LogP contribution in [0.1, 0.15) is 35.7 Å². The fourth-order valence-corrected chi connectivity index (χ4v) is 1.93. The highest BCUT2D eigenvalue weighted by molar-refractivity contribution is 5.97. The van der Waals surface area contributed by atoms with Crippen LogP contribution in [0.3, 0.4) is 0 Å². The van der Waals surface area contributed by atoms with Crippen LogP contribution in [0.25, 0.3) is 0 Å². The number of hydrogen-bond acceptors (Lipinski definition) is 3. The predicted octanol–water partition coefficient (Wildman–Crippen LogP) is 1.73. The van der Waals surface area contributed by atoms with Crippen molar-refractivity contribution >= 4 is 11.9 Å². The number of carbonyl (C=O) groups excluding carboxylic acids is 1. The quantitative estimate of drug-likeness (QED) is 0.760. The van der Waals surface area contributed by atoms with Gasteiger partial charge in [-0.3, -0.25) is 9.59 Å². The van der Waals surface area contributed by atoms with Crippen LogP contribution in [0.5, 0.6) is 0 Å². The van der Waals surface area contributed by atoms with Gasteiger partial charge in [-0.05, 0) is 31.6 Å². The fourth-order valence-electron chi connectivity index (χ4n) is 1.93. The average molecular weight is 278 g/mol. The molecule has 0 spiro atoms. The molecular formula is C15H22N2O3. The van der Waals surface area contributed by atoms with Gasteiger partial charge in [-0.1, -0.05) is 31.5 Å². The van der Waals surface area contributed by atoms with Crippen LogP contribution in [-0.4, -0.2) is 42.0 Å². The van der Waals surface area contributed by atoms with Crippen molar-refractivity contribution in [2.45, 2.75) is 26.3 Å². The number of benzene rings is 1. The number of aliphatic carboxylic acids is 1. The van der Waals surface area contributed by atoms with E-state index in [4.69, 9.17) is 5.11 Å². The van der Waals surface area contributed by atoms with Gasteiger partial charge in [0.05, 0.1) is 0 Å². The van der Waals surface area contributed by atoms with Crippen molar-refractivity contribution in [3.05, 3.63) is 35.4 Å². The van der Waals surface area contributed by atoms with Crippen molar-refractivity contribution in [1.29, 1.82) is 0 Å². The van der Waals surface area contributed by atoms with E-state index < -0.39 is 5.97 Å². The van der Waals surface area contributed by atoms with Gasteiger partial charge >= 0.3 is 5.97 Å². The molecule has 110 valence electrons. The van der Waals surface area contributed by atoms with Crippen molar-refractivity contribution in [2.24, 2.45) is 0 Å². The number of carbonyl (C=O) groups is 2. The van der Waals surface area contributed by atoms with Crippen LogP contribution >= 0.6 is 0 Å². The summed E-state index contributed by atoms with van der Waals surface area (Å²) in [6.07, 6.45) is 2.25. The van der Waals surface area contributed by atoms with Gasteiger partial charge in [0.15, 0.2) is 0 Å². The third-order valence-electron chi connectivity index (χ3n) is 3.00. The number of nitrogens with one attached hydrogen (secondary N) is 1. The fraction of sp³-hybridized carbons (Fsp3) is 0.467. The molecule has 1 aromatic rings. The molecule has 0 aliphatic rings. The monoisotopic (exact) mass is 278 g/mol. The summed E-state index contributed by atoms with van der Waals surface area (Å²) in [5.74, 6) is -1.39. The zero-order chi connectivity index (χ0) is 15.0. The van der Waals surface area contributed by atoms with Gasteiger partial charge in [0.1, 0.15) is 6.54 Å². The Morgan fingerprint density at radius 1 is 1.30 bits per heavy atom. The van der Waals surface area contributed by atoms with Crippen LogP contribution in [0, 0.1) is 0 Å². The van der Waals surface area contributed by atoms with Gasteiger partial charge in [-0.25, -0.2) is 0 Å². The minimum absolute atomic E-state index is 0.341. The number of carboxylic acids is 1. The van der Waals surface area contributed by atoms with Crippen molar-refractivity contribution in [3.8, 4) is 0 Å². The lowest BCUT2D eigenvalue weighted by Gasteiger charge is -2.18. The summed E-state index contributed by atoms with van der Waals surface area (Å²) < 4.78 is 0. The van der Waals surface area contributed by atoms with Gasteiger partial charge in [-0.15, -0.1) is 0 Å². The molecule has 20 heavy (non-hydrogen) atoms. The Morgan fingerprint density at radius 2 is 2.00 bits per heavy atom. The van der Waals surface area contributed by atoms with E-state index in [9.17, 15) is 9.59 Å². The maximum Gasteiger partial charge on any atom is 0.322 e. The summed E-state index contributed by atoms with van der Waals surface area (Å²) in [5.41, 5.74) is 1.45. The molecule has 1 amide bonds. The van der Waals surface area contributed by atoms with Gasteiger partial charge < -0.3 is 15.3 Å². The molecule has 0 unspecified atom stereocenters. The maximum absolute atomic E-state index is 12.0. The lowest BCUT2D eigenvalue weighted by atomic mass is 10.1. The number of unbranched alkanes of at least 4 members (excludes halogenated alkanes) is 1. The summed E-state index contributed by atoms with van der Waals surface area (Å²) in [5, 5.41) is 11.0. The summed E-state index contributed by atoms with van der Waals surface area (Å²) >= 11 is 0. The smallest absolute Gasteiger partial charge is 0.322 e. The van der Waals surface area contributed by atoms with Crippen LogP contribution in [0.2, 0.25) is 0 Å². The van der Waals surface area contributed by atoms with Crippen LogP contribution in [0.4, 0.5) is 0 Å². The Bertz CT molecular complexity index is 460. The standard InChI is InChI=1S/C15H22N2O3/c1-3-4-9-17(2)11-12-7-5-6-8-13(12)15(20)16-10-14(18)19/h5-8H,3-4,9-11H2,1-2H3,(H,16,20)(H,18,19). The highest BCUT2D eigenvalue weighted by atomic mass is 16.4. The number of rotatable bonds is 8. The lowest BCUT2D eigenvalue weighted by Crippen LogP contribution is -2.30. The SMILES string of the molecule is CCCCN(C)Cc1ccccc1C(=O)NCC(=O)O. The van der Waals surface area contributed by atoms with Crippen molar-refractivity contribution in [1.82, 2.24) is 10.2 Å². The Kier molecular flexibility index (Phi) is 6.73. The molecule has 1 rings (SSSR count). The number of amides is 1. The third-order valence-corrected chi connectivity index (χ3v) is 3.00. The van der Waals surface area contributed by atoms with E-state index in [1.807, 2.05) is 19.2 Å². The Labute approximate surface area is 119 Å². The molecule has 5 nitrogen and oxygen atoms in total. The number of nitrogens with zero attached hydrogens (tertiary/aromatic N) is 1. The summed E-state index contributed by atoms with van der Waals surface area (Å²) in [6.45, 7) is 3.43. The molecule has 2 N–H and O–H groups in total. The van der Waals surface area contributed by atoms with E-state index in [2.05, 4.69) is 17.1 Å². The van der Waals surface area contributed by atoms with Crippen molar-refractivity contribution in [2.75, 3.05) is 20.1 Å². The van der Waals surface area contributed by atoms with Gasteiger partial charge in [0, 0.05) is 12.1 Å². The van der Waals surface area contributed by atoms with E-state index in [1.54, 1.807) is 12.1 Å². The molecule has 0 heterocycles. The highest BCUT2D eigenvalue weighted by Gasteiger charge is 2.12. The third kappa shape index (κ3) is 5.40. The molecule has 0 fully saturated rings. The van der Waals surface area contributed by atoms with Gasteiger partial charge in [0.2, 0.25) is 0 Å². The first-order valence-corrected chi connectivity index (χ1v) is 6.81. The van der Waals surface area contributed by atoms with Crippen molar-refractivity contribution < 1.29 is 14.7 Å². The molecule has 0 aliphatic heterocycles. The number of hydrogen-bond donors (Lipinski definition) is 2. The molecule has 0 saturated heterocycles. The second-order valence-corrected chi connectivity index (χ2v) is 4.82. The molecule has 0 aromatic heterocycles. The topological polar surface area (TPSA) is 69.6 Å². The molecule has 0 aliphatic carbocycles. The second-order valence-electron chi connectivity index (χ2n) is 4.82. The Balaban J connectivity index is 2.72. The van der Waals surface area contributed by atoms with E-state index in [-0.39, 0.29) is 12.5 Å². The minimum Gasteiger partial charge on any atom is -0.480 e. The number of carboxylic acid groups (broad SMARTS) is 1. The molecular weight excluding hydrogens is 256 g/mol. The summed E-state index contributed by atoms with van der Waals surface area (Å²) in [7, 11) is 2.02. The summed E-state index contributed by atoms with van der Waals surface area (Å²) in [4.78, 5) is 24.6. The molecule has 5 heteroatoms. The second kappa shape index (κ2) is 8.32. The van der Waals surface area contributed by atoms with E-state index in [0.717, 1.165) is 24.9 Å². The molecule has 0 atom stereocenters. The van der Waals surface area contributed by atoms with Crippen molar-refractivity contribution in [3.63, 3.8) is 0 Å². The highest BCUT2D eigenvalue weighted by Crippen LogP contribution is 2.11. The lowest BCUT2D eigenvalue weighted by molar-refractivity contribution is -0.135. The van der Waals surface area contributed by atoms with E-state index in [0.29, 0.717) is 12.1 Å². The first kappa shape index (κ1) is 16.2. The zero-order valence-corrected chi connectivity index (χ0v) is 12.1. The van der Waals surface area contributed by atoms with Gasteiger partial charge in [-0.2, -0.15) is 0 Å². The van der Waals surface area contributed by atoms with Crippen LogP contribution < -0.4 is 5.32 Å². The Hall–Kier alpha value is -1.88. The first-order chi connectivity index (χ1) is 9.54. The van der Waals surface area contributed by atoms with E-state index in [1.165, 1.54) is 0 Å². The zero-order valence-electron chi connectivity index (χ0n) is 12.1. The van der Waals surface area contributed by atoms with Crippen LogP contribution in [0.15, 0.2) is 24.3 Å². The van der Waals surface area contributed by atoms with Crippen LogP contribution in [-0.2, 0) is 11.3 Å². The van der Waals surface area contributed by atoms with E-state index >= 15 is 0 Å². The predicted molar refractivity (Wildman–Crippen MR) is 77.7 cm³/mol. The molecule has 0 radical (unpaired) electrons. The maximum atomic E-state index is 12.0. The normalized spacial score (nSPS) is 10.6. The largest absolute Gasteiger partial charge is 0.480 e. The molecule has 1 aromatic carbocycles. The minimum atomic E-state index is -1.05.